The van der Waals surface area contributed by atoms with Crippen LogP contribution in [-0.2, 0) is 28.9 Å². The Hall–Kier alpha value is -4.42. The van der Waals surface area contributed by atoms with Gasteiger partial charge in [0.25, 0.3) is 5.91 Å². The minimum Gasteiger partial charge on any atom is -0.497 e. The lowest BCUT2D eigenvalue weighted by Gasteiger charge is -2.36. The fourth-order valence-corrected chi connectivity index (χ4v) is 9.40. The van der Waals surface area contributed by atoms with Crippen LogP contribution in [0.2, 0.25) is 0 Å². The second kappa shape index (κ2) is 17.9. The van der Waals surface area contributed by atoms with Crippen LogP contribution in [0, 0.1) is 11.3 Å². The summed E-state index contributed by atoms with van der Waals surface area (Å²) in [4.78, 5) is 75.3. The van der Waals surface area contributed by atoms with E-state index in [9.17, 15) is 32.4 Å². The van der Waals surface area contributed by atoms with Crippen molar-refractivity contribution in [2.24, 2.45) is 11.3 Å². The van der Waals surface area contributed by atoms with Crippen LogP contribution in [0.3, 0.4) is 0 Å². The Kier molecular flexibility index (Phi) is 13.5. The van der Waals surface area contributed by atoms with Crippen LogP contribution in [-0.4, -0.2) is 126 Å². The van der Waals surface area contributed by atoms with Gasteiger partial charge in [0.2, 0.25) is 17.7 Å². The van der Waals surface area contributed by atoms with Gasteiger partial charge in [-0.1, -0.05) is 34.1 Å². The molecule has 5 atom stereocenters. The van der Waals surface area contributed by atoms with Crippen molar-refractivity contribution in [3.63, 3.8) is 0 Å². The van der Waals surface area contributed by atoms with Gasteiger partial charge in [0.1, 0.15) is 29.5 Å². The largest absolute Gasteiger partial charge is 0.497 e. The van der Waals surface area contributed by atoms with Crippen molar-refractivity contribution < 1.29 is 46.0 Å². The number of hydrogen-bond acceptors (Lipinski definition) is 11. The van der Waals surface area contributed by atoms with E-state index in [1.807, 2.05) is 50.6 Å². The first-order valence-corrected chi connectivity index (χ1v) is 22.6. The number of hydrogen-bond donors (Lipinski definition) is 3. The summed E-state index contributed by atoms with van der Waals surface area (Å²) >= 11 is 5.17. The Morgan fingerprint density at radius 1 is 1.00 bits per heavy atom. The van der Waals surface area contributed by atoms with Gasteiger partial charge in [-0.25, -0.2) is 18.7 Å². The zero-order valence-corrected chi connectivity index (χ0v) is 36.8. The number of benzene rings is 1. The number of pyridine rings is 1. The van der Waals surface area contributed by atoms with Crippen molar-refractivity contribution in [3.8, 4) is 11.6 Å². The van der Waals surface area contributed by atoms with E-state index in [0.717, 1.165) is 44.2 Å². The fraction of sp³-hybridized carbons (Fsp3) is 0.659. The van der Waals surface area contributed by atoms with Gasteiger partial charge in [0.15, 0.2) is 0 Å². The van der Waals surface area contributed by atoms with Crippen LogP contribution in [0.15, 0.2) is 30.5 Å². The number of rotatable bonds is 12. The lowest BCUT2D eigenvalue weighted by atomic mass is 9.85. The molecule has 2 aliphatic carbocycles. The third-order valence-electron chi connectivity index (χ3n) is 12.0. The summed E-state index contributed by atoms with van der Waals surface area (Å²) in [7, 11) is -2.86. The summed E-state index contributed by atoms with van der Waals surface area (Å²) in [6.07, 6.45) is 6.76. The summed E-state index contributed by atoms with van der Waals surface area (Å²) in [5, 5.41) is 7.00. The Morgan fingerprint density at radius 2 is 1.65 bits per heavy atom. The molecule has 5 fully saturated rings. The molecule has 17 nitrogen and oxygen atoms in total. The van der Waals surface area contributed by atoms with Crippen LogP contribution in [0.1, 0.15) is 92.4 Å². The molecular weight excluding hydrogens is 818 g/mol. The lowest BCUT2D eigenvalue weighted by molar-refractivity contribution is -0.142. The molecule has 2 saturated carbocycles. The zero-order valence-electron chi connectivity index (χ0n) is 35.3. The van der Waals surface area contributed by atoms with E-state index in [4.69, 9.17) is 25.3 Å². The predicted molar refractivity (Wildman–Crippen MR) is 223 cm³/mol. The number of ether oxygens (including phenoxy) is 2. The predicted octanol–water partition coefficient (Wildman–Crippen LogP) is 4.47. The van der Waals surface area contributed by atoms with Gasteiger partial charge >= 0.3 is 21.7 Å². The van der Waals surface area contributed by atoms with Gasteiger partial charge < -0.3 is 34.8 Å². The molecule has 1 aromatic heterocycles. The molecule has 3 saturated heterocycles. The number of fused-ring (bicyclic) bond motifs is 1. The number of amides is 6. The van der Waals surface area contributed by atoms with Gasteiger partial charge in [-0.2, -0.15) is 8.42 Å². The van der Waals surface area contributed by atoms with E-state index >= 15 is 0 Å². The summed E-state index contributed by atoms with van der Waals surface area (Å²) in [5.74, 6) is -1.36. The van der Waals surface area contributed by atoms with Crippen LogP contribution in [0.4, 0.5) is 9.59 Å². The minimum absolute atomic E-state index is 0.00544. The van der Waals surface area contributed by atoms with Crippen molar-refractivity contribution in [2.45, 2.75) is 122 Å². The molecular formula is C41H58ClN7O10S. The molecule has 2 aromatic rings. The van der Waals surface area contributed by atoms with Crippen LogP contribution < -0.4 is 24.8 Å². The van der Waals surface area contributed by atoms with Crippen LogP contribution in [0.25, 0.3) is 10.8 Å². The number of urea groups is 1. The lowest BCUT2D eigenvalue weighted by Crippen LogP contribution is -2.61. The highest BCUT2D eigenvalue weighted by Gasteiger charge is 2.62. The second-order valence-electron chi connectivity index (χ2n) is 17.8. The second-order valence-corrected chi connectivity index (χ2v) is 19.4. The molecule has 5 aliphatic rings. The van der Waals surface area contributed by atoms with Crippen molar-refractivity contribution in [2.75, 3.05) is 39.8 Å². The number of methoxy groups -OCH3 is 1. The van der Waals surface area contributed by atoms with E-state index in [2.05, 4.69) is 15.6 Å². The summed E-state index contributed by atoms with van der Waals surface area (Å²) in [6.45, 7) is 11.9. The number of nitrogens with one attached hydrogen (secondary N) is 3. The highest BCUT2D eigenvalue weighted by Crippen LogP contribution is 2.47. The SMILES string of the molecule is CC[C@@H]1C[C@]1(NC(=O)[C@@H]1C[C@@H](Oc2nccc3cc(OC)ccc23)CN1C(=O)[C@@H](NC(=O)N1CCCC1)C(C)(C)C)C(=O)NS(=O)(=O)OC1(C)CC1.O=C(Cl)N1CCCC1. The Morgan fingerprint density at radius 3 is 2.20 bits per heavy atom. The standard InChI is InChI=1S/C36H50N6O9S.C5H8ClNO/c1-7-23-20-36(23,32(45)40-52(47,48)51-35(5)13-14-35)39-29(43)27-19-25(50-30-26-11-10-24(49-6)18-22(26)12-15-37-30)21-42(27)31(44)28(34(2,3)4)38-33(46)41-16-8-9-17-41;6-5(8)7-3-1-2-4-7/h10-12,15,18,23,25,27-28H,7-9,13-14,16-17,19-21H2,1-6H3,(H,38,46)(H,39,43)(H,40,45);1-4H2/t23-,25-,27+,28-,36-;/m1./s1. The number of likely N-dealkylation sites (tertiary alicyclic amines) is 3. The van der Waals surface area contributed by atoms with E-state index < -0.39 is 62.8 Å². The Balaban J connectivity index is 0.000000676. The summed E-state index contributed by atoms with van der Waals surface area (Å²) in [6, 6.07) is 4.83. The molecule has 0 bridgehead atoms. The van der Waals surface area contributed by atoms with Crippen LogP contribution in [0.5, 0.6) is 11.6 Å². The first-order chi connectivity index (χ1) is 28.3. The van der Waals surface area contributed by atoms with Crippen molar-refractivity contribution >= 4 is 61.8 Å². The third kappa shape index (κ3) is 10.5. The highest BCUT2D eigenvalue weighted by atomic mass is 35.5. The number of aromatic nitrogens is 1. The maximum absolute atomic E-state index is 14.6. The number of carbonyl (C=O) groups is 5. The average molecular weight is 876 g/mol. The molecule has 0 radical (unpaired) electrons. The molecule has 6 amide bonds. The maximum Gasteiger partial charge on any atom is 0.362 e. The highest BCUT2D eigenvalue weighted by molar-refractivity contribution is 7.85. The normalized spacial score (nSPS) is 24.9. The minimum atomic E-state index is -4.44. The molecule has 19 heteroatoms. The zero-order chi connectivity index (χ0) is 43.6. The van der Waals surface area contributed by atoms with Crippen molar-refractivity contribution in [3.05, 3.63) is 30.5 Å². The van der Waals surface area contributed by atoms with Crippen molar-refractivity contribution in [1.29, 1.82) is 0 Å². The van der Waals surface area contributed by atoms with Gasteiger partial charge in [-0.05, 0) is 104 Å². The van der Waals surface area contributed by atoms with Crippen LogP contribution >= 0.6 is 11.6 Å². The smallest absolute Gasteiger partial charge is 0.362 e. The molecule has 60 heavy (non-hydrogen) atoms. The summed E-state index contributed by atoms with van der Waals surface area (Å²) < 4.78 is 44.5. The number of carbonyl (C=O) groups excluding carboxylic acids is 5. The van der Waals surface area contributed by atoms with Gasteiger partial charge in [-0.15, -0.1) is 0 Å². The molecule has 4 heterocycles. The molecule has 3 N–H and O–H groups in total. The topological polar surface area (TPSA) is 206 Å². The summed E-state index contributed by atoms with van der Waals surface area (Å²) in [5.41, 5.74) is -3.10. The van der Waals surface area contributed by atoms with E-state index in [1.54, 1.807) is 36.1 Å². The van der Waals surface area contributed by atoms with Gasteiger partial charge in [0.05, 0.1) is 19.3 Å². The first-order valence-electron chi connectivity index (χ1n) is 20.8. The third-order valence-corrected chi connectivity index (χ3v) is 13.3. The van der Waals surface area contributed by atoms with Gasteiger partial charge in [-0.3, -0.25) is 19.2 Å². The number of nitrogens with zero attached hydrogens (tertiary/aromatic N) is 4. The molecule has 0 unspecified atom stereocenters. The quantitative estimate of drug-likeness (QED) is 0.201. The van der Waals surface area contributed by atoms with Crippen molar-refractivity contribution in [1.82, 2.24) is 35.0 Å². The van der Waals surface area contributed by atoms with E-state index in [0.29, 0.717) is 49.4 Å². The monoisotopic (exact) mass is 875 g/mol. The Labute approximate surface area is 356 Å². The molecule has 1 aromatic carbocycles. The molecule has 330 valence electrons. The molecule has 3 aliphatic heterocycles. The van der Waals surface area contributed by atoms with Gasteiger partial charge in [0, 0.05) is 44.2 Å². The van der Waals surface area contributed by atoms with E-state index in [-0.39, 0.29) is 36.7 Å². The maximum atomic E-state index is 14.6. The Bertz CT molecular complexity index is 2070. The van der Waals surface area contributed by atoms with E-state index in [1.165, 1.54) is 4.90 Å². The fourth-order valence-electron chi connectivity index (χ4n) is 8.09. The molecule has 0 spiro atoms. The first kappa shape index (κ1) is 45.1. The molecule has 7 rings (SSSR count). The average Bonchev–Trinajstić information content (AvgIpc) is 3.71. The number of halogens is 1.